The van der Waals surface area contributed by atoms with Gasteiger partial charge in [-0.05, 0) is 43.9 Å². The van der Waals surface area contributed by atoms with Crippen LogP contribution in [0, 0.1) is 13.8 Å². The fraction of sp³-hybridized carbons (Fsp3) is 0.562. The summed E-state index contributed by atoms with van der Waals surface area (Å²) in [6.07, 6.45) is 5.10. The Morgan fingerprint density at radius 1 is 1.26 bits per heavy atom. The fourth-order valence-electron chi connectivity index (χ4n) is 2.86. The summed E-state index contributed by atoms with van der Waals surface area (Å²) in [5.41, 5.74) is 2.45. The highest BCUT2D eigenvalue weighted by molar-refractivity contribution is 5.96. The van der Waals surface area contributed by atoms with Crippen LogP contribution in [0.5, 0.6) is 0 Å². The molecule has 0 aliphatic heterocycles. The molecule has 0 spiro atoms. The van der Waals surface area contributed by atoms with Crippen LogP contribution in [0.15, 0.2) is 18.2 Å². The van der Waals surface area contributed by atoms with E-state index >= 15 is 0 Å². The van der Waals surface area contributed by atoms with Crippen LogP contribution in [0.3, 0.4) is 0 Å². The zero-order valence-corrected chi connectivity index (χ0v) is 11.8. The first-order valence-corrected chi connectivity index (χ1v) is 7.08. The van der Waals surface area contributed by atoms with E-state index < -0.39 is 5.54 Å². The number of benzene rings is 1. The maximum Gasteiger partial charge on any atom is 0.252 e. The van der Waals surface area contributed by atoms with Crippen LogP contribution in [0.4, 0.5) is 0 Å². The first-order chi connectivity index (χ1) is 9.08. The molecule has 2 N–H and O–H groups in total. The van der Waals surface area contributed by atoms with Crippen LogP contribution < -0.4 is 5.32 Å². The van der Waals surface area contributed by atoms with E-state index in [1.807, 2.05) is 32.0 Å². The molecule has 1 aromatic carbocycles. The highest BCUT2D eigenvalue weighted by Gasteiger charge is 2.33. The normalized spacial score (nSPS) is 18.1. The molecule has 1 amide bonds. The second kappa shape index (κ2) is 5.74. The first-order valence-electron chi connectivity index (χ1n) is 7.08. The lowest BCUT2D eigenvalue weighted by Gasteiger charge is -2.36. The van der Waals surface area contributed by atoms with Gasteiger partial charge in [-0.15, -0.1) is 0 Å². The highest BCUT2D eigenvalue weighted by atomic mass is 16.3. The number of aliphatic hydroxyl groups excluding tert-OH is 1. The number of rotatable bonds is 3. The Morgan fingerprint density at radius 3 is 2.58 bits per heavy atom. The van der Waals surface area contributed by atoms with Crippen LogP contribution in [-0.4, -0.2) is 23.2 Å². The van der Waals surface area contributed by atoms with E-state index in [-0.39, 0.29) is 12.5 Å². The molecule has 0 heterocycles. The Hall–Kier alpha value is -1.35. The van der Waals surface area contributed by atoms with Gasteiger partial charge in [-0.3, -0.25) is 4.79 Å². The summed E-state index contributed by atoms with van der Waals surface area (Å²) in [5.74, 6) is -0.0582. The van der Waals surface area contributed by atoms with Crippen molar-refractivity contribution in [3.05, 3.63) is 34.9 Å². The van der Waals surface area contributed by atoms with Gasteiger partial charge >= 0.3 is 0 Å². The number of carbonyl (C=O) groups is 1. The molecule has 1 saturated carbocycles. The Balaban J connectivity index is 2.17. The minimum Gasteiger partial charge on any atom is -0.394 e. The number of hydrogen-bond donors (Lipinski definition) is 2. The van der Waals surface area contributed by atoms with Gasteiger partial charge in [0.15, 0.2) is 0 Å². The zero-order valence-electron chi connectivity index (χ0n) is 11.8. The third kappa shape index (κ3) is 2.98. The van der Waals surface area contributed by atoms with Gasteiger partial charge in [0.1, 0.15) is 0 Å². The number of aryl methyl sites for hydroxylation is 1. The van der Waals surface area contributed by atoms with Gasteiger partial charge in [0.2, 0.25) is 0 Å². The molecule has 0 bridgehead atoms. The van der Waals surface area contributed by atoms with Gasteiger partial charge in [0.05, 0.1) is 12.1 Å². The summed E-state index contributed by atoms with van der Waals surface area (Å²) in [5, 5.41) is 12.7. The standard InChI is InChI=1S/C16H23NO2/c1-12-7-6-8-14(13(12)2)15(19)17-16(11-18)9-4-3-5-10-16/h6-8,18H,3-5,9-11H2,1-2H3,(H,17,19). The molecule has 1 fully saturated rings. The van der Waals surface area contributed by atoms with Crippen LogP contribution >= 0.6 is 0 Å². The minimum atomic E-state index is -0.411. The Bertz CT molecular complexity index is 462. The van der Waals surface area contributed by atoms with Crippen molar-refractivity contribution in [1.29, 1.82) is 0 Å². The predicted octanol–water partition coefficient (Wildman–Crippen LogP) is 2.73. The van der Waals surface area contributed by atoms with Crippen LogP contribution in [0.25, 0.3) is 0 Å². The SMILES string of the molecule is Cc1cccc(C(=O)NC2(CO)CCCCC2)c1C. The van der Waals surface area contributed by atoms with Crippen molar-refractivity contribution in [2.75, 3.05) is 6.61 Å². The molecule has 3 heteroatoms. The lowest BCUT2D eigenvalue weighted by molar-refractivity contribution is 0.0758. The summed E-state index contributed by atoms with van der Waals surface area (Å²) >= 11 is 0. The maximum absolute atomic E-state index is 12.4. The average Bonchev–Trinajstić information content (AvgIpc) is 2.42. The number of aliphatic hydroxyl groups is 1. The van der Waals surface area contributed by atoms with Crippen molar-refractivity contribution in [3.63, 3.8) is 0 Å². The molecular weight excluding hydrogens is 238 g/mol. The molecule has 1 aliphatic carbocycles. The molecule has 0 unspecified atom stereocenters. The van der Waals surface area contributed by atoms with E-state index in [1.54, 1.807) is 0 Å². The molecule has 0 atom stereocenters. The molecule has 2 rings (SSSR count). The predicted molar refractivity (Wildman–Crippen MR) is 76.3 cm³/mol. The Kier molecular flexibility index (Phi) is 4.25. The summed E-state index contributed by atoms with van der Waals surface area (Å²) in [6.45, 7) is 4.01. The number of carbonyl (C=O) groups excluding carboxylic acids is 1. The van der Waals surface area contributed by atoms with Crippen molar-refractivity contribution in [2.24, 2.45) is 0 Å². The maximum atomic E-state index is 12.4. The molecule has 104 valence electrons. The number of hydrogen-bond acceptors (Lipinski definition) is 2. The second-order valence-electron chi connectivity index (χ2n) is 5.70. The van der Waals surface area contributed by atoms with E-state index in [0.717, 1.165) is 42.4 Å². The highest BCUT2D eigenvalue weighted by Crippen LogP contribution is 2.28. The monoisotopic (exact) mass is 261 g/mol. The quantitative estimate of drug-likeness (QED) is 0.879. The molecule has 1 aromatic rings. The van der Waals surface area contributed by atoms with Crippen LogP contribution in [-0.2, 0) is 0 Å². The summed E-state index contributed by atoms with van der Waals surface area (Å²) in [6, 6.07) is 5.77. The Labute approximate surface area is 115 Å². The summed E-state index contributed by atoms with van der Waals surface area (Å²) in [4.78, 5) is 12.4. The molecule has 0 radical (unpaired) electrons. The smallest absolute Gasteiger partial charge is 0.252 e. The summed E-state index contributed by atoms with van der Waals surface area (Å²) in [7, 11) is 0. The average molecular weight is 261 g/mol. The van der Waals surface area contributed by atoms with Crippen LogP contribution in [0.2, 0.25) is 0 Å². The van der Waals surface area contributed by atoms with Crippen molar-refractivity contribution < 1.29 is 9.90 Å². The molecule has 19 heavy (non-hydrogen) atoms. The van der Waals surface area contributed by atoms with E-state index in [1.165, 1.54) is 6.42 Å². The van der Waals surface area contributed by atoms with Gasteiger partial charge in [-0.25, -0.2) is 0 Å². The molecule has 1 aliphatic rings. The topological polar surface area (TPSA) is 49.3 Å². The molecule has 0 aromatic heterocycles. The number of amides is 1. The summed E-state index contributed by atoms with van der Waals surface area (Å²) < 4.78 is 0. The second-order valence-corrected chi connectivity index (χ2v) is 5.70. The fourth-order valence-corrected chi connectivity index (χ4v) is 2.86. The lowest BCUT2D eigenvalue weighted by atomic mass is 9.82. The van der Waals surface area contributed by atoms with Gasteiger partial charge in [0.25, 0.3) is 5.91 Å². The molecule has 3 nitrogen and oxygen atoms in total. The van der Waals surface area contributed by atoms with Crippen LogP contribution in [0.1, 0.15) is 53.6 Å². The van der Waals surface area contributed by atoms with E-state index in [4.69, 9.17) is 0 Å². The van der Waals surface area contributed by atoms with Gasteiger partial charge in [-0.1, -0.05) is 31.4 Å². The van der Waals surface area contributed by atoms with Gasteiger partial charge < -0.3 is 10.4 Å². The third-order valence-electron chi connectivity index (χ3n) is 4.34. The van der Waals surface area contributed by atoms with E-state index in [0.29, 0.717) is 0 Å². The Morgan fingerprint density at radius 2 is 1.95 bits per heavy atom. The minimum absolute atomic E-state index is 0.0314. The van der Waals surface area contributed by atoms with Crippen molar-refractivity contribution in [1.82, 2.24) is 5.32 Å². The molecule has 0 saturated heterocycles. The van der Waals surface area contributed by atoms with Crippen molar-refractivity contribution in [2.45, 2.75) is 51.5 Å². The largest absolute Gasteiger partial charge is 0.394 e. The third-order valence-corrected chi connectivity index (χ3v) is 4.34. The van der Waals surface area contributed by atoms with E-state index in [9.17, 15) is 9.90 Å². The first kappa shape index (κ1) is 14.1. The van der Waals surface area contributed by atoms with Crippen molar-refractivity contribution >= 4 is 5.91 Å². The van der Waals surface area contributed by atoms with Gasteiger partial charge in [-0.2, -0.15) is 0 Å². The van der Waals surface area contributed by atoms with Gasteiger partial charge in [0, 0.05) is 5.56 Å². The molecular formula is C16H23NO2. The van der Waals surface area contributed by atoms with Crippen molar-refractivity contribution in [3.8, 4) is 0 Å². The number of nitrogens with one attached hydrogen (secondary N) is 1. The lowest BCUT2D eigenvalue weighted by Crippen LogP contribution is -2.52. The van der Waals surface area contributed by atoms with E-state index in [2.05, 4.69) is 5.32 Å². The zero-order chi connectivity index (χ0) is 13.9.